The molecule has 0 bridgehead atoms. The molecule has 0 atom stereocenters. The summed E-state index contributed by atoms with van der Waals surface area (Å²) in [6.45, 7) is 3.65. The molecular formula is C19H27BrN4O4. The van der Waals surface area contributed by atoms with Crippen LogP contribution in [0.25, 0.3) is 0 Å². The van der Waals surface area contributed by atoms with E-state index in [2.05, 4.69) is 20.9 Å². The molecular weight excluding hydrogens is 428 g/mol. The second kappa shape index (κ2) is 10.3. The quantitative estimate of drug-likeness (QED) is 0.570. The van der Waals surface area contributed by atoms with Crippen molar-refractivity contribution in [2.45, 2.75) is 32.9 Å². The fraction of sp³-hybridized carbons (Fsp3) is 0.474. The summed E-state index contributed by atoms with van der Waals surface area (Å²) in [7, 11) is 3.19. The van der Waals surface area contributed by atoms with E-state index < -0.39 is 11.2 Å². The lowest BCUT2D eigenvalue weighted by molar-refractivity contribution is 0.205. The Labute approximate surface area is 172 Å². The molecule has 8 nitrogen and oxygen atoms in total. The predicted molar refractivity (Wildman–Crippen MR) is 114 cm³/mol. The maximum absolute atomic E-state index is 12.6. The first kappa shape index (κ1) is 22.0. The number of nitrogens with two attached hydrogens (primary N) is 1. The standard InChI is InChI=1S/C19H27BrN4O4/c1-4-5-8-24-17(21)16(18(25)22-19(24)26)23(9-10-27-2)12-13-11-14(20)6-7-15(13)28-3/h6-7,11H,4-5,8-10,12,21H2,1-3H3,(H,22,25,26). The zero-order chi connectivity index (χ0) is 20.7. The molecule has 1 aromatic carbocycles. The van der Waals surface area contributed by atoms with Crippen LogP contribution in [-0.4, -0.2) is 36.9 Å². The van der Waals surface area contributed by atoms with E-state index in [0.29, 0.717) is 32.0 Å². The number of aromatic amines is 1. The molecule has 9 heteroatoms. The molecule has 0 radical (unpaired) electrons. The van der Waals surface area contributed by atoms with Gasteiger partial charge >= 0.3 is 5.69 Å². The van der Waals surface area contributed by atoms with Crippen LogP contribution in [0.15, 0.2) is 32.3 Å². The highest BCUT2D eigenvalue weighted by Gasteiger charge is 2.20. The molecule has 2 aromatic rings. The minimum atomic E-state index is -0.514. The van der Waals surface area contributed by atoms with Gasteiger partial charge in [-0.1, -0.05) is 29.3 Å². The normalized spacial score (nSPS) is 10.9. The number of nitrogens with one attached hydrogen (secondary N) is 1. The van der Waals surface area contributed by atoms with E-state index in [-0.39, 0.29) is 11.5 Å². The van der Waals surface area contributed by atoms with Crippen LogP contribution in [0.2, 0.25) is 0 Å². The Morgan fingerprint density at radius 3 is 2.68 bits per heavy atom. The SMILES string of the molecule is CCCCn1c(N)c(N(CCOC)Cc2cc(Br)ccc2OC)c(=O)[nH]c1=O. The maximum atomic E-state index is 12.6. The highest BCUT2D eigenvalue weighted by molar-refractivity contribution is 9.10. The van der Waals surface area contributed by atoms with E-state index in [0.717, 1.165) is 22.9 Å². The van der Waals surface area contributed by atoms with Gasteiger partial charge in [0.1, 0.15) is 17.3 Å². The summed E-state index contributed by atoms with van der Waals surface area (Å²) in [4.78, 5) is 29.0. The first-order valence-electron chi connectivity index (χ1n) is 9.11. The van der Waals surface area contributed by atoms with Crippen molar-refractivity contribution in [2.75, 3.05) is 38.0 Å². The molecule has 1 aromatic heterocycles. The minimum Gasteiger partial charge on any atom is -0.496 e. The van der Waals surface area contributed by atoms with Gasteiger partial charge in [-0.25, -0.2) is 4.79 Å². The van der Waals surface area contributed by atoms with Crippen LogP contribution >= 0.6 is 15.9 Å². The van der Waals surface area contributed by atoms with Gasteiger partial charge < -0.3 is 20.1 Å². The molecule has 0 spiro atoms. The van der Waals surface area contributed by atoms with Crippen LogP contribution in [0, 0.1) is 0 Å². The monoisotopic (exact) mass is 454 g/mol. The number of nitrogen functional groups attached to an aromatic ring is 1. The molecule has 28 heavy (non-hydrogen) atoms. The van der Waals surface area contributed by atoms with E-state index in [1.54, 1.807) is 14.2 Å². The average Bonchev–Trinajstić information content (AvgIpc) is 2.65. The fourth-order valence-corrected chi connectivity index (χ4v) is 3.38. The van der Waals surface area contributed by atoms with Crippen molar-refractivity contribution in [3.63, 3.8) is 0 Å². The molecule has 0 aliphatic heterocycles. The Hall–Kier alpha value is -2.26. The first-order valence-corrected chi connectivity index (χ1v) is 9.91. The third-order valence-corrected chi connectivity index (χ3v) is 4.93. The molecule has 3 N–H and O–H groups in total. The third-order valence-electron chi connectivity index (χ3n) is 4.43. The van der Waals surface area contributed by atoms with Crippen molar-refractivity contribution in [3.8, 4) is 5.75 Å². The van der Waals surface area contributed by atoms with Gasteiger partial charge in [0, 0.05) is 36.8 Å². The smallest absolute Gasteiger partial charge is 0.330 e. The number of benzene rings is 1. The topological polar surface area (TPSA) is 103 Å². The summed E-state index contributed by atoms with van der Waals surface area (Å²) in [5.41, 5.74) is 6.40. The van der Waals surface area contributed by atoms with Crippen molar-refractivity contribution in [1.29, 1.82) is 0 Å². The van der Waals surface area contributed by atoms with Gasteiger partial charge in [-0.05, 0) is 24.6 Å². The van der Waals surface area contributed by atoms with Crippen LogP contribution in [0.1, 0.15) is 25.3 Å². The zero-order valence-electron chi connectivity index (χ0n) is 16.5. The van der Waals surface area contributed by atoms with Crippen LogP contribution in [0.5, 0.6) is 5.75 Å². The molecule has 0 amide bonds. The Morgan fingerprint density at radius 2 is 2.04 bits per heavy atom. The van der Waals surface area contributed by atoms with Crippen LogP contribution in [-0.2, 0) is 17.8 Å². The third kappa shape index (κ3) is 5.17. The Kier molecular flexibility index (Phi) is 8.13. The fourth-order valence-electron chi connectivity index (χ4n) is 2.97. The number of methoxy groups -OCH3 is 2. The second-order valence-corrected chi connectivity index (χ2v) is 7.28. The summed E-state index contributed by atoms with van der Waals surface area (Å²) in [6, 6.07) is 5.66. The molecule has 0 aliphatic rings. The van der Waals surface area contributed by atoms with Crippen molar-refractivity contribution in [2.24, 2.45) is 0 Å². The molecule has 2 rings (SSSR count). The number of ether oxygens (including phenoxy) is 2. The van der Waals surface area contributed by atoms with Gasteiger partial charge in [-0.15, -0.1) is 0 Å². The molecule has 1 heterocycles. The van der Waals surface area contributed by atoms with Crippen LogP contribution in [0.4, 0.5) is 11.5 Å². The lowest BCUT2D eigenvalue weighted by Crippen LogP contribution is -2.39. The number of hydrogen-bond acceptors (Lipinski definition) is 6. The number of hydrogen-bond donors (Lipinski definition) is 2. The van der Waals surface area contributed by atoms with E-state index in [4.69, 9.17) is 15.2 Å². The van der Waals surface area contributed by atoms with Crippen molar-refractivity contribution in [3.05, 3.63) is 49.1 Å². The van der Waals surface area contributed by atoms with Gasteiger partial charge in [-0.3, -0.25) is 14.3 Å². The van der Waals surface area contributed by atoms with E-state index in [9.17, 15) is 9.59 Å². The number of unbranched alkanes of at least 4 members (excludes halogenated alkanes) is 1. The predicted octanol–water partition coefficient (Wildman–Crippen LogP) is 2.34. The molecule has 0 unspecified atom stereocenters. The minimum absolute atomic E-state index is 0.160. The van der Waals surface area contributed by atoms with E-state index in [1.165, 1.54) is 4.57 Å². The second-order valence-electron chi connectivity index (χ2n) is 6.37. The molecule has 0 saturated carbocycles. The largest absolute Gasteiger partial charge is 0.496 e. The Morgan fingerprint density at radius 1 is 1.29 bits per heavy atom. The van der Waals surface area contributed by atoms with Gasteiger partial charge in [0.25, 0.3) is 5.56 Å². The van der Waals surface area contributed by atoms with E-state index >= 15 is 0 Å². The van der Waals surface area contributed by atoms with Gasteiger partial charge in [0.05, 0.1) is 13.7 Å². The summed E-state index contributed by atoms with van der Waals surface area (Å²) in [5, 5.41) is 0. The summed E-state index contributed by atoms with van der Waals surface area (Å²) in [6.07, 6.45) is 1.69. The maximum Gasteiger partial charge on any atom is 0.330 e. The summed E-state index contributed by atoms with van der Waals surface area (Å²) >= 11 is 3.47. The molecule has 0 fully saturated rings. The summed E-state index contributed by atoms with van der Waals surface area (Å²) in [5.74, 6) is 0.854. The van der Waals surface area contributed by atoms with Gasteiger partial charge in [-0.2, -0.15) is 0 Å². The number of aromatic nitrogens is 2. The number of rotatable bonds is 10. The van der Waals surface area contributed by atoms with E-state index in [1.807, 2.05) is 30.0 Å². The lowest BCUT2D eigenvalue weighted by Gasteiger charge is -2.27. The average molecular weight is 455 g/mol. The molecule has 0 aliphatic carbocycles. The highest BCUT2D eigenvalue weighted by Crippen LogP contribution is 2.27. The van der Waals surface area contributed by atoms with Crippen LogP contribution in [0.3, 0.4) is 0 Å². The first-order chi connectivity index (χ1) is 13.4. The zero-order valence-corrected chi connectivity index (χ0v) is 18.0. The number of H-pyrrole nitrogens is 1. The molecule has 154 valence electrons. The Bertz CT molecular complexity index is 910. The number of anilines is 2. The molecule has 0 saturated heterocycles. The van der Waals surface area contributed by atoms with Crippen LogP contribution < -0.4 is 26.6 Å². The lowest BCUT2D eigenvalue weighted by atomic mass is 10.1. The van der Waals surface area contributed by atoms with Crippen molar-refractivity contribution < 1.29 is 9.47 Å². The summed E-state index contributed by atoms with van der Waals surface area (Å²) < 4.78 is 13.0. The van der Waals surface area contributed by atoms with Gasteiger partial charge in [0.15, 0.2) is 0 Å². The van der Waals surface area contributed by atoms with Crippen molar-refractivity contribution >= 4 is 27.4 Å². The van der Waals surface area contributed by atoms with Crippen molar-refractivity contribution in [1.82, 2.24) is 9.55 Å². The van der Waals surface area contributed by atoms with Gasteiger partial charge in [0.2, 0.25) is 0 Å². The highest BCUT2D eigenvalue weighted by atomic mass is 79.9. The number of halogens is 1. The number of nitrogens with zero attached hydrogens (tertiary/aromatic N) is 2. The Balaban J connectivity index is 2.53.